The maximum atomic E-state index is 13.0. The smallest absolute Gasteiger partial charge is 0.325 e. The van der Waals surface area contributed by atoms with Crippen LogP contribution in [0.15, 0.2) is 72.8 Å². The monoisotopic (exact) mass is 444 g/mol. The highest BCUT2D eigenvalue weighted by Gasteiger charge is 2.49. The molecule has 1 aliphatic rings. The summed E-state index contributed by atoms with van der Waals surface area (Å²) in [6, 6.07) is 21.4. The average Bonchev–Trinajstić information content (AvgIpc) is 3.03. The molecule has 4 rings (SSSR count). The van der Waals surface area contributed by atoms with E-state index in [4.69, 9.17) is 0 Å². The first-order chi connectivity index (χ1) is 15.8. The normalized spacial score (nSPS) is 17.7. The molecule has 1 fully saturated rings. The summed E-state index contributed by atoms with van der Waals surface area (Å²) < 4.78 is 0. The first-order valence-electron chi connectivity index (χ1n) is 10.5. The number of nitrogens with one attached hydrogen (secondary N) is 2. The molecule has 3 aromatic rings. The highest BCUT2D eigenvalue weighted by Crippen LogP contribution is 2.28. The quantitative estimate of drug-likeness (QED) is 0.571. The Labute approximate surface area is 191 Å². The van der Waals surface area contributed by atoms with Gasteiger partial charge in [-0.3, -0.25) is 19.3 Å². The number of rotatable bonds is 6. The van der Waals surface area contributed by atoms with Crippen molar-refractivity contribution in [3.8, 4) is 0 Å². The van der Waals surface area contributed by atoms with Crippen molar-refractivity contribution in [1.82, 2.24) is 15.1 Å². The van der Waals surface area contributed by atoms with E-state index in [1.54, 1.807) is 37.3 Å². The first-order valence-corrected chi connectivity index (χ1v) is 10.5. The number of likely N-dealkylation sites (N-methyl/N-ethyl adjacent to an activating group) is 1. The molecule has 2 N–H and O–H groups in total. The lowest BCUT2D eigenvalue weighted by Gasteiger charge is -2.23. The van der Waals surface area contributed by atoms with Crippen molar-refractivity contribution in [1.29, 1.82) is 0 Å². The van der Waals surface area contributed by atoms with Gasteiger partial charge in [-0.25, -0.2) is 4.79 Å². The van der Waals surface area contributed by atoms with Crippen LogP contribution in [-0.4, -0.2) is 53.7 Å². The fourth-order valence-corrected chi connectivity index (χ4v) is 3.89. The lowest BCUT2D eigenvalue weighted by Crippen LogP contribution is -2.45. The summed E-state index contributed by atoms with van der Waals surface area (Å²) in [5.74, 6) is -1.42. The van der Waals surface area contributed by atoms with Crippen LogP contribution in [0, 0.1) is 0 Å². The lowest BCUT2D eigenvalue weighted by molar-refractivity contribution is -0.139. The van der Waals surface area contributed by atoms with Crippen LogP contribution in [0.5, 0.6) is 0 Å². The molecule has 0 spiro atoms. The number of fused-ring (bicyclic) bond motifs is 1. The van der Waals surface area contributed by atoms with E-state index < -0.39 is 29.9 Å². The van der Waals surface area contributed by atoms with Crippen molar-refractivity contribution >= 4 is 40.2 Å². The molecule has 168 valence electrons. The zero-order chi connectivity index (χ0) is 23.6. The van der Waals surface area contributed by atoms with E-state index in [-0.39, 0.29) is 12.5 Å². The second-order valence-electron chi connectivity index (χ2n) is 8.14. The fourth-order valence-electron chi connectivity index (χ4n) is 3.89. The summed E-state index contributed by atoms with van der Waals surface area (Å²) in [6.07, 6.45) is 0. The SMILES string of the molecule is CN(CC(=O)Nc1cccc2ccccc12)C(=O)CN1C(=O)N[C@](C)(c2ccccc2)C1=O. The third-order valence-electron chi connectivity index (χ3n) is 5.79. The Balaban J connectivity index is 1.40. The molecule has 0 aliphatic carbocycles. The molecule has 3 aromatic carbocycles. The van der Waals surface area contributed by atoms with Crippen LogP contribution in [0.25, 0.3) is 10.8 Å². The zero-order valence-corrected chi connectivity index (χ0v) is 18.4. The van der Waals surface area contributed by atoms with Crippen LogP contribution in [0.2, 0.25) is 0 Å². The Bertz CT molecular complexity index is 1240. The second-order valence-corrected chi connectivity index (χ2v) is 8.14. The number of hydrogen-bond donors (Lipinski definition) is 2. The van der Waals surface area contributed by atoms with Gasteiger partial charge in [0.05, 0.1) is 6.54 Å². The predicted molar refractivity (Wildman–Crippen MR) is 124 cm³/mol. The third-order valence-corrected chi connectivity index (χ3v) is 5.79. The number of carbonyl (C=O) groups is 4. The molecular weight excluding hydrogens is 420 g/mol. The predicted octanol–water partition coefficient (Wildman–Crippen LogP) is 2.70. The molecule has 8 nitrogen and oxygen atoms in total. The van der Waals surface area contributed by atoms with E-state index in [9.17, 15) is 19.2 Å². The van der Waals surface area contributed by atoms with Crippen molar-refractivity contribution < 1.29 is 19.2 Å². The minimum absolute atomic E-state index is 0.221. The average molecular weight is 444 g/mol. The Kier molecular flexibility index (Phi) is 5.83. The van der Waals surface area contributed by atoms with E-state index in [1.165, 1.54) is 11.9 Å². The summed E-state index contributed by atoms with van der Waals surface area (Å²) in [6.45, 7) is 0.932. The van der Waals surface area contributed by atoms with Gasteiger partial charge in [0.15, 0.2) is 0 Å². The highest BCUT2D eigenvalue weighted by molar-refractivity contribution is 6.09. The van der Waals surface area contributed by atoms with Gasteiger partial charge in [0.1, 0.15) is 12.1 Å². The number of carbonyl (C=O) groups excluding carboxylic acids is 4. The van der Waals surface area contributed by atoms with Gasteiger partial charge >= 0.3 is 6.03 Å². The third kappa shape index (κ3) is 4.27. The standard InChI is InChI=1S/C25H24N4O4/c1-25(18-11-4-3-5-12-18)23(32)29(24(33)27-25)16-22(31)28(2)15-21(30)26-20-14-8-10-17-9-6-7-13-19(17)20/h3-14H,15-16H2,1-2H3,(H,26,30)(H,27,33)/t25-/m1/s1. The summed E-state index contributed by atoms with van der Waals surface area (Å²) >= 11 is 0. The van der Waals surface area contributed by atoms with E-state index in [1.807, 2.05) is 42.5 Å². The fraction of sp³-hybridized carbons (Fsp3) is 0.200. The van der Waals surface area contributed by atoms with Gasteiger partial charge in [-0.05, 0) is 23.9 Å². The largest absolute Gasteiger partial charge is 0.335 e. The molecule has 0 saturated carbocycles. The Morgan fingerprint density at radius 3 is 2.39 bits per heavy atom. The number of anilines is 1. The van der Waals surface area contributed by atoms with E-state index in [2.05, 4.69) is 10.6 Å². The number of amides is 5. The van der Waals surface area contributed by atoms with Crippen molar-refractivity contribution in [2.45, 2.75) is 12.5 Å². The molecule has 0 unspecified atom stereocenters. The Morgan fingerprint density at radius 2 is 1.64 bits per heavy atom. The Morgan fingerprint density at radius 1 is 0.970 bits per heavy atom. The van der Waals surface area contributed by atoms with Crippen LogP contribution in [0.4, 0.5) is 10.5 Å². The molecule has 0 bridgehead atoms. The number of urea groups is 1. The van der Waals surface area contributed by atoms with Crippen molar-refractivity contribution in [3.05, 3.63) is 78.4 Å². The summed E-state index contributed by atoms with van der Waals surface area (Å²) in [5, 5.41) is 7.37. The van der Waals surface area contributed by atoms with Crippen LogP contribution < -0.4 is 10.6 Å². The molecule has 1 saturated heterocycles. The van der Waals surface area contributed by atoms with Crippen LogP contribution >= 0.6 is 0 Å². The minimum atomic E-state index is -1.25. The Hall–Kier alpha value is -4.20. The zero-order valence-electron chi connectivity index (χ0n) is 18.4. The lowest BCUT2D eigenvalue weighted by atomic mass is 9.92. The molecule has 8 heteroatoms. The van der Waals surface area contributed by atoms with Crippen molar-refractivity contribution in [2.75, 3.05) is 25.5 Å². The van der Waals surface area contributed by atoms with Crippen LogP contribution in [-0.2, 0) is 19.9 Å². The van der Waals surface area contributed by atoms with Gasteiger partial charge in [0.2, 0.25) is 11.8 Å². The molecule has 5 amide bonds. The van der Waals surface area contributed by atoms with Gasteiger partial charge in [0, 0.05) is 18.1 Å². The van der Waals surface area contributed by atoms with Gasteiger partial charge in [0.25, 0.3) is 5.91 Å². The summed E-state index contributed by atoms with van der Waals surface area (Å²) in [7, 11) is 1.46. The second kappa shape index (κ2) is 8.74. The minimum Gasteiger partial charge on any atom is -0.335 e. The number of imide groups is 1. The van der Waals surface area contributed by atoms with E-state index >= 15 is 0 Å². The maximum Gasteiger partial charge on any atom is 0.325 e. The van der Waals surface area contributed by atoms with Gasteiger partial charge in [-0.1, -0.05) is 66.7 Å². The molecular formula is C25H24N4O4. The van der Waals surface area contributed by atoms with Gasteiger partial charge in [-0.2, -0.15) is 0 Å². The van der Waals surface area contributed by atoms with Crippen molar-refractivity contribution in [3.63, 3.8) is 0 Å². The number of nitrogens with zero attached hydrogens (tertiary/aromatic N) is 2. The highest BCUT2D eigenvalue weighted by atomic mass is 16.2. The summed E-state index contributed by atoms with van der Waals surface area (Å²) in [5.41, 5.74) is 0.0240. The molecule has 1 heterocycles. The van der Waals surface area contributed by atoms with Crippen molar-refractivity contribution in [2.24, 2.45) is 0 Å². The van der Waals surface area contributed by atoms with Gasteiger partial charge in [-0.15, -0.1) is 0 Å². The molecule has 0 aromatic heterocycles. The first kappa shape index (κ1) is 22.0. The summed E-state index contributed by atoms with van der Waals surface area (Å²) in [4.78, 5) is 52.8. The van der Waals surface area contributed by atoms with Crippen LogP contribution in [0.1, 0.15) is 12.5 Å². The topological polar surface area (TPSA) is 98.8 Å². The number of hydrogen-bond acceptors (Lipinski definition) is 4. The van der Waals surface area contributed by atoms with Crippen LogP contribution in [0.3, 0.4) is 0 Å². The van der Waals surface area contributed by atoms with E-state index in [0.717, 1.165) is 15.7 Å². The molecule has 1 atom stereocenters. The molecule has 33 heavy (non-hydrogen) atoms. The maximum absolute atomic E-state index is 13.0. The molecule has 1 aliphatic heterocycles. The van der Waals surface area contributed by atoms with E-state index in [0.29, 0.717) is 11.3 Å². The molecule has 0 radical (unpaired) electrons. The van der Waals surface area contributed by atoms with Gasteiger partial charge < -0.3 is 15.5 Å². The number of benzene rings is 3.